The molecule has 0 fully saturated rings. The number of ether oxygens (including phenoxy) is 1. The van der Waals surface area contributed by atoms with Gasteiger partial charge in [-0.2, -0.15) is 8.78 Å². The van der Waals surface area contributed by atoms with E-state index in [0.29, 0.717) is 38.8 Å². The number of fused-ring (bicyclic) bond motifs is 2. The van der Waals surface area contributed by atoms with Crippen LogP contribution in [0.4, 0.5) is 14.5 Å². The quantitative estimate of drug-likeness (QED) is 0.501. The molecule has 3 rings (SSSR count). The van der Waals surface area contributed by atoms with Crippen molar-refractivity contribution in [3.63, 3.8) is 0 Å². The normalized spacial score (nSPS) is 14.8. The molecule has 1 aliphatic heterocycles. The van der Waals surface area contributed by atoms with Gasteiger partial charge in [0.15, 0.2) is 0 Å². The molecule has 4 nitrogen and oxygen atoms in total. The van der Waals surface area contributed by atoms with E-state index in [1.165, 1.54) is 29.2 Å². The second-order valence-electron chi connectivity index (χ2n) is 6.71. The Labute approximate surface area is 163 Å². The summed E-state index contributed by atoms with van der Waals surface area (Å²) in [6, 6.07) is 12.0. The monoisotopic (exact) mass is 387 g/mol. The number of halogens is 2. The number of para-hydroxylation sites is 1. The summed E-state index contributed by atoms with van der Waals surface area (Å²) in [5.74, 6) is -3.92. The van der Waals surface area contributed by atoms with Crippen LogP contribution in [0.25, 0.3) is 0 Å². The Kier molecular flexibility index (Phi) is 6.07. The van der Waals surface area contributed by atoms with E-state index < -0.39 is 11.8 Å². The van der Waals surface area contributed by atoms with Crippen molar-refractivity contribution in [2.75, 3.05) is 18.1 Å². The van der Waals surface area contributed by atoms with Crippen LogP contribution in [-0.4, -0.2) is 25.0 Å². The minimum atomic E-state index is -3.25. The van der Waals surface area contributed by atoms with Crippen LogP contribution in [-0.2, 0) is 15.5 Å². The highest BCUT2D eigenvalue weighted by atomic mass is 19.3. The van der Waals surface area contributed by atoms with Crippen molar-refractivity contribution in [2.24, 2.45) is 0 Å². The van der Waals surface area contributed by atoms with Gasteiger partial charge in [0.2, 0.25) is 0 Å². The Morgan fingerprint density at radius 2 is 1.68 bits per heavy atom. The molecule has 6 heteroatoms. The minimum absolute atomic E-state index is 0.0234. The average molecular weight is 387 g/mol. The molecule has 0 radical (unpaired) electrons. The highest BCUT2D eigenvalue weighted by Crippen LogP contribution is 2.45. The van der Waals surface area contributed by atoms with Gasteiger partial charge in [-0.05, 0) is 31.9 Å². The highest BCUT2D eigenvalue weighted by molar-refractivity contribution is 6.09. The SMILES string of the molecule is CCOC(=O)CCCCCN1C(=O)c2ccccc2C(F)(F)c2ccccc21. The van der Waals surface area contributed by atoms with Gasteiger partial charge in [-0.25, -0.2) is 0 Å². The van der Waals surface area contributed by atoms with Crippen molar-refractivity contribution < 1.29 is 23.1 Å². The van der Waals surface area contributed by atoms with Crippen molar-refractivity contribution in [3.05, 3.63) is 65.2 Å². The van der Waals surface area contributed by atoms with Gasteiger partial charge in [0.05, 0.1) is 12.3 Å². The van der Waals surface area contributed by atoms with Crippen molar-refractivity contribution in [2.45, 2.75) is 38.5 Å². The Balaban J connectivity index is 1.81. The summed E-state index contributed by atoms with van der Waals surface area (Å²) in [7, 11) is 0. The van der Waals surface area contributed by atoms with E-state index in [4.69, 9.17) is 4.74 Å². The van der Waals surface area contributed by atoms with Gasteiger partial charge in [-0.1, -0.05) is 42.8 Å². The summed E-state index contributed by atoms with van der Waals surface area (Å²) < 4.78 is 35.2. The molecule has 0 unspecified atom stereocenters. The van der Waals surface area contributed by atoms with E-state index in [0.717, 1.165) is 0 Å². The van der Waals surface area contributed by atoms with Gasteiger partial charge >= 0.3 is 11.9 Å². The van der Waals surface area contributed by atoms with E-state index in [9.17, 15) is 9.59 Å². The molecule has 0 saturated carbocycles. The molecule has 0 aliphatic carbocycles. The third-order valence-corrected chi connectivity index (χ3v) is 4.84. The van der Waals surface area contributed by atoms with Gasteiger partial charge in [-0.3, -0.25) is 9.59 Å². The summed E-state index contributed by atoms with van der Waals surface area (Å²) in [6.45, 7) is 2.42. The minimum Gasteiger partial charge on any atom is -0.466 e. The second kappa shape index (κ2) is 8.50. The lowest BCUT2D eigenvalue weighted by molar-refractivity contribution is -0.143. The molecule has 2 aromatic rings. The molecule has 148 valence electrons. The second-order valence-corrected chi connectivity index (χ2v) is 6.71. The first-order valence-electron chi connectivity index (χ1n) is 9.51. The third kappa shape index (κ3) is 3.91. The van der Waals surface area contributed by atoms with Crippen LogP contribution in [0.1, 0.15) is 54.1 Å². The van der Waals surface area contributed by atoms with E-state index in [1.54, 1.807) is 31.2 Å². The van der Waals surface area contributed by atoms with Crippen LogP contribution in [0.15, 0.2) is 48.5 Å². The van der Waals surface area contributed by atoms with Crippen LogP contribution < -0.4 is 4.90 Å². The van der Waals surface area contributed by atoms with Gasteiger partial charge in [0.25, 0.3) is 5.91 Å². The smallest absolute Gasteiger partial charge is 0.305 e. The number of carbonyl (C=O) groups excluding carboxylic acids is 2. The molecule has 0 atom stereocenters. The van der Waals surface area contributed by atoms with E-state index in [1.807, 2.05) is 0 Å². The molecular weight excluding hydrogens is 364 g/mol. The Bertz CT molecular complexity index is 866. The lowest BCUT2D eigenvalue weighted by atomic mass is 9.96. The molecule has 1 amide bonds. The summed E-state index contributed by atoms with van der Waals surface area (Å²) in [5.41, 5.74) is -0.175. The number of benzene rings is 2. The molecule has 0 aromatic heterocycles. The fraction of sp³-hybridized carbons (Fsp3) is 0.364. The Hall–Kier alpha value is -2.76. The Morgan fingerprint density at radius 3 is 2.43 bits per heavy atom. The maximum Gasteiger partial charge on any atom is 0.305 e. The highest BCUT2D eigenvalue weighted by Gasteiger charge is 2.44. The number of carbonyl (C=O) groups is 2. The number of rotatable bonds is 7. The van der Waals surface area contributed by atoms with Crippen molar-refractivity contribution in [1.82, 2.24) is 0 Å². The number of alkyl halides is 2. The zero-order valence-corrected chi connectivity index (χ0v) is 15.8. The molecule has 28 heavy (non-hydrogen) atoms. The lowest BCUT2D eigenvalue weighted by Crippen LogP contribution is -2.32. The van der Waals surface area contributed by atoms with Crippen LogP contribution in [0.5, 0.6) is 0 Å². The molecule has 2 aromatic carbocycles. The summed E-state index contributed by atoms with van der Waals surface area (Å²) in [6.07, 6.45) is 2.25. The zero-order valence-electron chi connectivity index (χ0n) is 15.8. The molecule has 0 saturated heterocycles. The largest absolute Gasteiger partial charge is 0.466 e. The summed E-state index contributed by atoms with van der Waals surface area (Å²) in [5, 5.41) is 0. The van der Waals surface area contributed by atoms with Crippen molar-refractivity contribution in [3.8, 4) is 0 Å². The fourth-order valence-corrected chi connectivity index (χ4v) is 3.49. The number of hydrogen-bond donors (Lipinski definition) is 0. The first kappa shape index (κ1) is 20.0. The van der Waals surface area contributed by atoms with Crippen molar-refractivity contribution >= 4 is 17.6 Å². The number of anilines is 1. The Morgan fingerprint density at radius 1 is 1.00 bits per heavy atom. The molecule has 0 bridgehead atoms. The van der Waals surface area contributed by atoms with Crippen LogP contribution in [0.2, 0.25) is 0 Å². The number of amides is 1. The number of nitrogens with zero attached hydrogens (tertiary/aromatic N) is 1. The molecule has 1 aliphatic rings. The average Bonchev–Trinajstić information content (AvgIpc) is 2.76. The fourth-order valence-electron chi connectivity index (χ4n) is 3.49. The van der Waals surface area contributed by atoms with Crippen LogP contribution in [0.3, 0.4) is 0 Å². The molecule has 0 spiro atoms. The summed E-state index contributed by atoms with van der Waals surface area (Å²) >= 11 is 0. The van der Waals surface area contributed by atoms with Crippen LogP contribution in [0, 0.1) is 0 Å². The van der Waals surface area contributed by atoms with Crippen LogP contribution >= 0.6 is 0 Å². The standard InChI is InChI=1S/C22H23F2NO3/c1-2-28-20(26)14-4-3-9-15-25-19-13-8-7-12-18(19)22(23,24)17-11-6-5-10-16(17)21(25)27/h5-8,10-13H,2-4,9,14-15H2,1H3. The molecule has 0 N–H and O–H groups in total. The number of hydrogen-bond acceptors (Lipinski definition) is 3. The van der Waals surface area contributed by atoms with E-state index >= 15 is 8.78 Å². The summed E-state index contributed by atoms with van der Waals surface area (Å²) in [4.78, 5) is 25.9. The number of esters is 1. The predicted octanol–water partition coefficient (Wildman–Crippen LogP) is 4.91. The van der Waals surface area contributed by atoms with Gasteiger partial charge in [0, 0.05) is 29.7 Å². The predicted molar refractivity (Wildman–Crippen MR) is 103 cm³/mol. The van der Waals surface area contributed by atoms with Gasteiger partial charge in [-0.15, -0.1) is 0 Å². The van der Waals surface area contributed by atoms with E-state index in [-0.39, 0.29) is 28.3 Å². The lowest BCUT2D eigenvalue weighted by Gasteiger charge is -2.24. The topological polar surface area (TPSA) is 46.6 Å². The maximum atomic E-state index is 15.2. The van der Waals surface area contributed by atoms with Gasteiger partial charge in [0.1, 0.15) is 0 Å². The van der Waals surface area contributed by atoms with Crippen molar-refractivity contribution in [1.29, 1.82) is 0 Å². The first-order chi connectivity index (χ1) is 13.5. The molecule has 1 heterocycles. The number of unbranched alkanes of at least 4 members (excludes halogenated alkanes) is 2. The van der Waals surface area contributed by atoms with Gasteiger partial charge < -0.3 is 9.64 Å². The maximum absolute atomic E-state index is 15.2. The zero-order chi connectivity index (χ0) is 20.1. The molecular formula is C22H23F2NO3. The van der Waals surface area contributed by atoms with E-state index in [2.05, 4.69) is 0 Å². The third-order valence-electron chi connectivity index (χ3n) is 4.84. The first-order valence-corrected chi connectivity index (χ1v) is 9.51.